The van der Waals surface area contributed by atoms with Gasteiger partial charge in [-0.05, 0) is 0 Å². The fraction of sp³-hybridized carbons (Fsp3) is 0.500. The van der Waals surface area contributed by atoms with Crippen LogP contribution < -0.4 is 70.6 Å². The second-order valence-electron chi connectivity index (χ2n) is 2.55. The molecule has 0 fully saturated rings. The monoisotopic (exact) mass is 346 g/mol. The molecule has 0 saturated carbocycles. The van der Waals surface area contributed by atoms with Crippen molar-refractivity contribution < 1.29 is 100 Å². The summed E-state index contributed by atoms with van der Waals surface area (Å²) in [4.78, 5) is 36.0. The first-order valence-corrected chi connectivity index (χ1v) is 4.86. The Kier molecular flexibility index (Phi) is 83.8. The van der Waals surface area contributed by atoms with Crippen LogP contribution in [0.15, 0.2) is 0 Å². The molecule has 0 spiro atoms. The second kappa shape index (κ2) is 42.8. The van der Waals surface area contributed by atoms with E-state index in [9.17, 15) is 0 Å². The van der Waals surface area contributed by atoms with E-state index < -0.39 is 23.9 Å². The van der Waals surface area contributed by atoms with Gasteiger partial charge in [-0.15, -0.1) is 6.54 Å². The molecule has 0 bridgehead atoms. The number of nitrogens with two attached hydrogens (primary N) is 2. The van der Waals surface area contributed by atoms with Gasteiger partial charge in [-0.25, -0.2) is 0 Å². The first kappa shape index (κ1) is 43.1. The summed E-state index contributed by atoms with van der Waals surface area (Å²) >= 11 is 0. The minimum absolute atomic E-state index is 0. The summed E-state index contributed by atoms with van der Waals surface area (Å²) in [6, 6.07) is 0. The minimum atomic E-state index is -0.833. The van der Waals surface area contributed by atoms with Crippen LogP contribution in [-0.4, -0.2) is 50.8 Å². The Bertz CT molecular complexity index is 205. The summed E-state index contributed by atoms with van der Waals surface area (Å²) in [6.07, 6.45) is 0. The molecule has 0 aliphatic heterocycles. The minimum Gasteiger partial charge on any atom is -1.00 e. The third-order valence-corrected chi connectivity index (χ3v) is 0.136. The summed E-state index contributed by atoms with van der Waals surface area (Å²) in [7, 11) is 0. The van der Waals surface area contributed by atoms with E-state index in [4.69, 9.17) is 51.1 Å². The number of hydrogen-bond acceptors (Lipinski definition) is 6. The van der Waals surface area contributed by atoms with Gasteiger partial charge in [-0.3, -0.25) is 25.7 Å². The quantitative estimate of drug-likeness (QED) is 0.196. The largest absolute Gasteiger partial charge is 1.00 e. The molecule has 0 heterocycles. The van der Waals surface area contributed by atoms with Crippen LogP contribution in [0.25, 0.3) is 0 Å². The first-order chi connectivity index (χ1) is 8.84. The number of carbonyl (C=O) groups is 4. The average molecular weight is 346 g/mol. The SMILES string of the molecule is CC(=O)O.CC(=O)O.CC(=O)O.CC(=O)O.N[CH-]CN.[H-].[Na+].[Na+]. The molecule has 22 heavy (non-hydrogen) atoms. The van der Waals surface area contributed by atoms with Gasteiger partial charge in [0.15, 0.2) is 0 Å². The number of carboxylic acids is 4. The molecule has 0 amide bonds. The van der Waals surface area contributed by atoms with Crippen molar-refractivity contribution in [3.63, 3.8) is 0 Å². The van der Waals surface area contributed by atoms with Crippen LogP contribution in [0.4, 0.5) is 0 Å². The second-order valence-corrected chi connectivity index (χ2v) is 2.55. The van der Waals surface area contributed by atoms with E-state index in [1.807, 2.05) is 0 Å². The van der Waals surface area contributed by atoms with Crippen LogP contribution in [0.2, 0.25) is 0 Å². The number of aliphatic carboxylic acids is 4. The molecule has 12 heteroatoms. The number of hydrogen-bond donors (Lipinski definition) is 6. The van der Waals surface area contributed by atoms with E-state index in [0.29, 0.717) is 6.54 Å². The molecule has 0 saturated heterocycles. The fourth-order valence-corrected chi connectivity index (χ4v) is 0. The van der Waals surface area contributed by atoms with Crippen LogP contribution in [0, 0.1) is 6.54 Å². The molecule has 8 N–H and O–H groups in total. The Labute approximate surface area is 175 Å². The standard InChI is InChI=1S/C2H7N2.4C2H4O2.2Na.H/c3-1-2-4;4*1-2(3)4;;;/h1H,2-4H2;4*1H3,(H,3,4);;;/q-1;;;;;2*+1;-1. The van der Waals surface area contributed by atoms with Gasteiger partial charge >= 0.3 is 59.1 Å². The normalized spacial score (nSPS) is 5.91. The van der Waals surface area contributed by atoms with Crippen LogP contribution in [0.5, 0.6) is 0 Å². The number of carboxylic acid groups (broad SMARTS) is 4. The van der Waals surface area contributed by atoms with E-state index >= 15 is 0 Å². The van der Waals surface area contributed by atoms with Gasteiger partial charge in [0, 0.05) is 27.7 Å². The van der Waals surface area contributed by atoms with Gasteiger partial charge in [0.25, 0.3) is 23.9 Å². The predicted octanol–water partition coefficient (Wildman–Crippen LogP) is -6.45. The van der Waals surface area contributed by atoms with Crippen LogP contribution in [0.3, 0.4) is 0 Å². The Morgan fingerprint density at radius 2 is 0.818 bits per heavy atom. The van der Waals surface area contributed by atoms with Crippen LogP contribution >= 0.6 is 0 Å². The van der Waals surface area contributed by atoms with Crippen molar-refractivity contribution in [2.45, 2.75) is 27.7 Å². The van der Waals surface area contributed by atoms with Crippen molar-refractivity contribution in [2.24, 2.45) is 11.5 Å². The zero-order valence-corrected chi connectivity index (χ0v) is 17.9. The fourth-order valence-electron chi connectivity index (χ4n) is 0. The Morgan fingerprint density at radius 1 is 0.773 bits per heavy atom. The van der Waals surface area contributed by atoms with E-state index in [0.717, 1.165) is 27.7 Å². The first-order valence-electron chi connectivity index (χ1n) is 4.86. The van der Waals surface area contributed by atoms with Gasteiger partial charge in [-0.2, -0.15) is 0 Å². The molecule has 0 aromatic carbocycles. The van der Waals surface area contributed by atoms with Crippen molar-refractivity contribution in [3.05, 3.63) is 6.54 Å². The molecule has 0 radical (unpaired) electrons. The maximum atomic E-state index is 9.00. The topological polar surface area (TPSA) is 201 Å². The van der Waals surface area contributed by atoms with Gasteiger partial charge in [-0.1, -0.05) is 0 Å². The van der Waals surface area contributed by atoms with Crippen molar-refractivity contribution >= 4 is 23.9 Å². The summed E-state index contributed by atoms with van der Waals surface area (Å²) in [5, 5.41) is 29.7. The zero-order chi connectivity index (χ0) is 17.7. The van der Waals surface area contributed by atoms with Gasteiger partial charge in [0.2, 0.25) is 0 Å². The van der Waals surface area contributed by atoms with E-state index in [1.165, 1.54) is 6.54 Å². The number of rotatable bonds is 1. The summed E-state index contributed by atoms with van der Waals surface area (Å²) < 4.78 is 0. The molecule has 0 aliphatic rings. The molecule has 0 rings (SSSR count). The van der Waals surface area contributed by atoms with Gasteiger partial charge in [0.05, 0.1) is 0 Å². The molecular weight excluding hydrogens is 322 g/mol. The third-order valence-electron chi connectivity index (χ3n) is 0.136. The van der Waals surface area contributed by atoms with Crippen LogP contribution in [0.1, 0.15) is 29.1 Å². The third kappa shape index (κ3) is 10900. The smallest absolute Gasteiger partial charge is 1.00 e. The van der Waals surface area contributed by atoms with E-state index in [-0.39, 0.29) is 60.5 Å². The molecule has 0 aromatic heterocycles. The van der Waals surface area contributed by atoms with E-state index in [2.05, 4.69) is 0 Å². The zero-order valence-electron chi connectivity index (χ0n) is 14.9. The van der Waals surface area contributed by atoms with Crippen LogP contribution in [-0.2, 0) is 19.2 Å². The predicted molar refractivity (Wildman–Crippen MR) is 71.9 cm³/mol. The maximum Gasteiger partial charge on any atom is 1.00 e. The molecule has 124 valence electrons. The average Bonchev–Trinajstić information content (AvgIpc) is 2.13. The van der Waals surface area contributed by atoms with E-state index in [1.54, 1.807) is 0 Å². The van der Waals surface area contributed by atoms with Crippen molar-refractivity contribution in [3.8, 4) is 0 Å². The van der Waals surface area contributed by atoms with Crippen molar-refractivity contribution in [1.82, 2.24) is 0 Å². The molecule has 10 nitrogen and oxygen atoms in total. The van der Waals surface area contributed by atoms with Gasteiger partial charge < -0.3 is 33.3 Å². The Morgan fingerprint density at radius 3 is 0.818 bits per heavy atom. The molecule has 0 aromatic rings. The molecule has 0 aliphatic carbocycles. The van der Waals surface area contributed by atoms with Gasteiger partial charge in [0.1, 0.15) is 0 Å². The van der Waals surface area contributed by atoms with Crippen molar-refractivity contribution in [1.29, 1.82) is 0 Å². The summed E-state index contributed by atoms with van der Waals surface area (Å²) in [5.74, 6) is -3.33. The molecule has 0 atom stereocenters. The summed E-state index contributed by atoms with van der Waals surface area (Å²) in [5.41, 5.74) is 9.62. The summed E-state index contributed by atoms with van der Waals surface area (Å²) in [6.45, 7) is 6.21. The Hall–Kier alpha value is -0.200. The maximum absolute atomic E-state index is 9.00. The Balaban J connectivity index is -0.0000000197. The molecule has 0 unspecified atom stereocenters. The molecular formula is C10H24N2Na2O8. The van der Waals surface area contributed by atoms with Crippen molar-refractivity contribution in [2.75, 3.05) is 6.54 Å².